The highest BCUT2D eigenvalue weighted by Crippen LogP contribution is 2.35. The minimum atomic E-state index is -0.642. The Morgan fingerprint density at radius 1 is 1.33 bits per heavy atom. The van der Waals surface area contributed by atoms with Crippen molar-refractivity contribution in [2.45, 2.75) is 6.54 Å². The van der Waals surface area contributed by atoms with Crippen LogP contribution in [0, 0.1) is 5.82 Å². The first kappa shape index (κ1) is 19.5. The van der Waals surface area contributed by atoms with E-state index in [1.165, 1.54) is 24.5 Å². The van der Waals surface area contributed by atoms with Gasteiger partial charge in [-0.05, 0) is 34.1 Å². The van der Waals surface area contributed by atoms with Gasteiger partial charge in [-0.25, -0.2) is 9.37 Å². The number of nitrogens with zero attached hydrogens (tertiary/aromatic N) is 1. The number of imidazole rings is 1. The number of H-pyrrole nitrogens is 1. The zero-order chi connectivity index (χ0) is 19.6. The van der Waals surface area contributed by atoms with Crippen molar-refractivity contribution in [3.8, 4) is 11.5 Å². The fourth-order valence-electron chi connectivity index (χ4n) is 2.26. The maximum atomic E-state index is 14.9. The number of rotatable bonds is 5. The Labute approximate surface area is 172 Å². The lowest BCUT2D eigenvalue weighted by molar-refractivity contribution is 0.0946. The van der Waals surface area contributed by atoms with Crippen LogP contribution in [-0.4, -0.2) is 15.9 Å². The summed E-state index contributed by atoms with van der Waals surface area (Å²) in [5.74, 6) is -0.949. The van der Waals surface area contributed by atoms with Crippen LogP contribution in [0.2, 0.25) is 10.2 Å². The molecule has 2 aromatic carbocycles. The van der Waals surface area contributed by atoms with Crippen LogP contribution in [0.1, 0.15) is 16.1 Å². The largest absolute Gasteiger partial charge is 0.453 e. The van der Waals surface area contributed by atoms with Gasteiger partial charge in [0.2, 0.25) is 0 Å². The number of hydrogen-bond acceptors (Lipinski definition) is 4. The molecule has 0 unspecified atom stereocenters. The van der Waals surface area contributed by atoms with E-state index in [0.29, 0.717) is 15.2 Å². The minimum absolute atomic E-state index is 0.0278. The van der Waals surface area contributed by atoms with Crippen LogP contribution in [0.4, 0.5) is 10.1 Å². The zero-order valence-corrected chi connectivity index (χ0v) is 16.6. The molecule has 0 saturated heterocycles. The predicted octanol–water partition coefficient (Wildman–Crippen LogP) is 4.92. The van der Waals surface area contributed by atoms with E-state index in [-0.39, 0.29) is 34.5 Å². The standard InChI is InChI=1S/C17H12BrCl2FN4O2/c18-12-2-1-8(6-23-17(26)14-16(20)25-7-24-14)13(21)15(12)27-11-4-9(19)3-10(22)5-11/h1-5,7H,6,22H2,(H,23,26)(H,24,25). The molecule has 0 aliphatic carbocycles. The highest BCUT2D eigenvalue weighted by Gasteiger charge is 2.17. The Bertz CT molecular complexity index is 992. The normalized spacial score (nSPS) is 10.7. The molecule has 1 aromatic heterocycles. The molecule has 0 aliphatic rings. The number of nitrogens with one attached hydrogen (secondary N) is 2. The number of hydrogen-bond donors (Lipinski definition) is 3. The monoisotopic (exact) mass is 472 g/mol. The van der Waals surface area contributed by atoms with Crippen molar-refractivity contribution in [3.63, 3.8) is 0 Å². The molecule has 10 heteroatoms. The van der Waals surface area contributed by atoms with E-state index in [0.717, 1.165) is 0 Å². The lowest BCUT2D eigenvalue weighted by atomic mass is 10.2. The summed E-state index contributed by atoms with van der Waals surface area (Å²) in [6.45, 7) is -0.0881. The maximum Gasteiger partial charge on any atom is 0.273 e. The number of anilines is 1. The second-order valence-electron chi connectivity index (χ2n) is 5.42. The quantitative estimate of drug-likeness (QED) is 0.458. The van der Waals surface area contributed by atoms with Gasteiger partial charge >= 0.3 is 0 Å². The molecule has 1 heterocycles. The first-order valence-electron chi connectivity index (χ1n) is 7.53. The van der Waals surface area contributed by atoms with Gasteiger partial charge < -0.3 is 20.8 Å². The van der Waals surface area contributed by atoms with Crippen LogP contribution in [0.25, 0.3) is 0 Å². The van der Waals surface area contributed by atoms with E-state index in [4.69, 9.17) is 33.7 Å². The van der Waals surface area contributed by atoms with Crippen LogP contribution in [-0.2, 0) is 6.54 Å². The number of benzene rings is 2. The number of carbonyl (C=O) groups is 1. The van der Waals surface area contributed by atoms with Crippen molar-refractivity contribution < 1.29 is 13.9 Å². The van der Waals surface area contributed by atoms with Crippen molar-refractivity contribution in [2.75, 3.05) is 5.73 Å². The Morgan fingerprint density at radius 2 is 2.11 bits per heavy atom. The van der Waals surface area contributed by atoms with E-state index in [2.05, 4.69) is 31.2 Å². The third-order valence-electron chi connectivity index (χ3n) is 3.49. The average Bonchev–Trinajstić information content (AvgIpc) is 3.03. The molecule has 0 radical (unpaired) electrons. The zero-order valence-electron chi connectivity index (χ0n) is 13.5. The van der Waals surface area contributed by atoms with Crippen molar-refractivity contribution >= 4 is 50.7 Å². The molecule has 0 spiro atoms. The van der Waals surface area contributed by atoms with Crippen LogP contribution in [0.3, 0.4) is 0 Å². The van der Waals surface area contributed by atoms with Gasteiger partial charge in [-0.2, -0.15) is 0 Å². The third-order valence-corrected chi connectivity index (χ3v) is 4.62. The van der Waals surface area contributed by atoms with Gasteiger partial charge in [0.15, 0.2) is 17.3 Å². The van der Waals surface area contributed by atoms with E-state index < -0.39 is 11.7 Å². The van der Waals surface area contributed by atoms with Gasteiger partial charge in [0.1, 0.15) is 10.9 Å². The number of ether oxygens (including phenoxy) is 1. The van der Waals surface area contributed by atoms with Gasteiger partial charge in [0.05, 0.1) is 10.8 Å². The highest BCUT2D eigenvalue weighted by atomic mass is 79.9. The van der Waals surface area contributed by atoms with E-state index in [1.807, 2.05) is 0 Å². The molecule has 0 aliphatic heterocycles. The molecular formula is C17H12BrCl2FN4O2. The van der Waals surface area contributed by atoms with Crippen LogP contribution in [0.5, 0.6) is 11.5 Å². The summed E-state index contributed by atoms with van der Waals surface area (Å²) in [6, 6.07) is 7.70. The molecular weight excluding hydrogens is 462 g/mol. The SMILES string of the molecule is Nc1cc(Cl)cc(Oc2c(Br)ccc(CNC(=O)c3nc[nH]c3Cl)c2F)c1. The Balaban J connectivity index is 1.81. The topological polar surface area (TPSA) is 93.0 Å². The molecule has 0 atom stereocenters. The highest BCUT2D eigenvalue weighted by molar-refractivity contribution is 9.10. The summed E-state index contributed by atoms with van der Waals surface area (Å²) in [7, 11) is 0. The Hall–Kier alpha value is -2.29. The number of amides is 1. The lowest BCUT2D eigenvalue weighted by Gasteiger charge is -2.13. The summed E-state index contributed by atoms with van der Waals surface area (Å²) < 4.78 is 20.9. The number of nitrogen functional groups attached to an aromatic ring is 1. The molecule has 3 rings (SSSR count). The van der Waals surface area contributed by atoms with Crippen molar-refractivity contribution in [1.82, 2.24) is 15.3 Å². The number of aromatic amines is 1. The minimum Gasteiger partial charge on any atom is -0.453 e. The number of halogens is 4. The molecule has 1 amide bonds. The first-order valence-corrected chi connectivity index (χ1v) is 9.08. The lowest BCUT2D eigenvalue weighted by Crippen LogP contribution is -2.24. The Morgan fingerprint density at radius 3 is 2.78 bits per heavy atom. The molecule has 0 fully saturated rings. The smallest absolute Gasteiger partial charge is 0.273 e. The third kappa shape index (κ3) is 4.52. The fourth-order valence-corrected chi connectivity index (χ4v) is 3.06. The second-order valence-corrected chi connectivity index (χ2v) is 7.09. The van der Waals surface area contributed by atoms with E-state index in [1.54, 1.807) is 12.1 Å². The van der Waals surface area contributed by atoms with Crippen LogP contribution >= 0.6 is 39.1 Å². The summed E-state index contributed by atoms with van der Waals surface area (Å²) in [5.41, 5.74) is 6.34. The van der Waals surface area contributed by atoms with E-state index in [9.17, 15) is 9.18 Å². The number of nitrogens with two attached hydrogens (primary N) is 1. The van der Waals surface area contributed by atoms with Crippen molar-refractivity contribution in [1.29, 1.82) is 0 Å². The predicted molar refractivity (Wildman–Crippen MR) is 105 cm³/mol. The van der Waals surface area contributed by atoms with Gasteiger partial charge in [-0.3, -0.25) is 4.79 Å². The first-order chi connectivity index (χ1) is 12.8. The molecule has 140 valence electrons. The maximum absolute atomic E-state index is 14.9. The second kappa shape index (κ2) is 8.16. The van der Waals surface area contributed by atoms with Gasteiger partial charge in [0, 0.05) is 28.9 Å². The summed E-state index contributed by atoms with van der Waals surface area (Å²) in [6.07, 6.45) is 1.29. The Kier molecular flexibility index (Phi) is 5.88. The molecule has 0 bridgehead atoms. The molecule has 27 heavy (non-hydrogen) atoms. The summed E-state index contributed by atoms with van der Waals surface area (Å²) in [4.78, 5) is 18.4. The van der Waals surface area contributed by atoms with Gasteiger partial charge in [0.25, 0.3) is 5.91 Å². The molecule has 6 nitrogen and oxygen atoms in total. The van der Waals surface area contributed by atoms with Crippen LogP contribution < -0.4 is 15.8 Å². The average molecular weight is 474 g/mol. The van der Waals surface area contributed by atoms with Gasteiger partial charge in [-0.15, -0.1) is 0 Å². The van der Waals surface area contributed by atoms with Crippen molar-refractivity contribution in [2.24, 2.45) is 0 Å². The molecule has 4 N–H and O–H groups in total. The number of aromatic nitrogens is 2. The summed E-state index contributed by atoms with van der Waals surface area (Å²) >= 11 is 15.0. The molecule has 3 aromatic rings. The van der Waals surface area contributed by atoms with E-state index >= 15 is 0 Å². The summed E-state index contributed by atoms with van der Waals surface area (Å²) in [5, 5.41) is 3.02. The number of carbonyl (C=O) groups excluding carboxylic acids is 1. The fraction of sp³-hybridized carbons (Fsp3) is 0.0588. The van der Waals surface area contributed by atoms with Crippen LogP contribution in [0.15, 0.2) is 41.1 Å². The molecule has 0 saturated carbocycles. The van der Waals surface area contributed by atoms with Crippen molar-refractivity contribution in [3.05, 3.63) is 68.4 Å². The van der Waals surface area contributed by atoms with Gasteiger partial charge in [-0.1, -0.05) is 29.3 Å².